The molecule has 0 spiro atoms. The van der Waals surface area contributed by atoms with Gasteiger partial charge in [0.15, 0.2) is 9.84 Å². The molecule has 0 bridgehead atoms. The van der Waals surface area contributed by atoms with Crippen LogP contribution in [0.15, 0.2) is 29.2 Å². The molecule has 0 aliphatic carbocycles. The number of rotatable bonds is 2. The molecule has 0 amide bonds. The molecule has 76 valence electrons. The van der Waals surface area contributed by atoms with Gasteiger partial charge in [-0.1, -0.05) is 18.2 Å². The van der Waals surface area contributed by atoms with Gasteiger partial charge in [0, 0.05) is 5.92 Å². The van der Waals surface area contributed by atoms with E-state index in [1.807, 2.05) is 12.1 Å². The zero-order chi connectivity index (χ0) is 10.2. The lowest BCUT2D eigenvalue weighted by Gasteiger charge is -2.06. The van der Waals surface area contributed by atoms with Crippen LogP contribution in [0, 0.1) is 0 Å². The van der Waals surface area contributed by atoms with E-state index in [0.717, 1.165) is 5.56 Å². The van der Waals surface area contributed by atoms with Crippen LogP contribution in [0.2, 0.25) is 0 Å². The summed E-state index contributed by atoms with van der Waals surface area (Å²) in [6, 6.07) is 6.98. The first-order chi connectivity index (χ1) is 6.65. The van der Waals surface area contributed by atoms with Gasteiger partial charge < -0.3 is 4.84 Å². The first-order valence-corrected chi connectivity index (χ1v) is 5.94. The fraction of sp³-hybridized carbons (Fsp3) is 0.333. The van der Waals surface area contributed by atoms with Gasteiger partial charge in [-0.25, -0.2) is 14.3 Å². The molecule has 2 rings (SSSR count). The summed E-state index contributed by atoms with van der Waals surface area (Å²) in [6.45, 7) is 0.246. The fourth-order valence-electron chi connectivity index (χ4n) is 1.80. The van der Waals surface area contributed by atoms with Crippen LogP contribution in [0.5, 0.6) is 0 Å². The van der Waals surface area contributed by atoms with Gasteiger partial charge in [-0.05, 0) is 11.6 Å². The Balaban J connectivity index is 2.50. The van der Waals surface area contributed by atoms with Crippen LogP contribution in [0.25, 0.3) is 0 Å². The second-order valence-corrected chi connectivity index (χ2v) is 5.35. The van der Waals surface area contributed by atoms with Crippen LogP contribution in [0.1, 0.15) is 11.5 Å². The first kappa shape index (κ1) is 9.64. The van der Waals surface area contributed by atoms with E-state index in [1.54, 1.807) is 12.1 Å². The van der Waals surface area contributed by atoms with Crippen LogP contribution in [-0.4, -0.2) is 20.8 Å². The van der Waals surface area contributed by atoms with E-state index in [9.17, 15) is 8.42 Å². The molecule has 0 saturated carbocycles. The maximum Gasteiger partial charge on any atom is 0.179 e. The maximum atomic E-state index is 11.6. The van der Waals surface area contributed by atoms with Crippen molar-refractivity contribution in [1.82, 2.24) is 0 Å². The summed E-state index contributed by atoms with van der Waals surface area (Å²) in [5, 5.41) is 0. The summed E-state index contributed by atoms with van der Waals surface area (Å²) >= 11 is 0. The van der Waals surface area contributed by atoms with Gasteiger partial charge in [-0.3, -0.25) is 0 Å². The molecule has 1 aliphatic rings. The largest absolute Gasteiger partial charge is 0.304 e. The molecule has 2 N–H and O–H groups in total. The summed E-state index contributed by atoms with van der Waals surface area (Å²) < 4.78 is 23.3. The second-order valence-electron chi connectivity index (χ2n) is 3.35. The van der Waals surface area contributed by atoms with E-state index in [0.29, 0.717) is 4.90 Å². The molecule has 1 aromatic carbocycles. The maximum absolute atomic E-state index is 11.6. The quantitative estimate of drug-likeness (QED) is 0.724. The molecule has 14 heavy (non-hydrogen) atoms. The van der Waals surface area contributed by atoms with Crippen molar-refractivity contribution in [3.63, 3.8) is 0 Å². The molecule has 1 heterocycles. The average molecular weight is 213 g/mol. The van der Waals surface area contributed by atoms with Gasteiger partial charge in [0.1, 0.15) is 0 Å². The zero-order valence-electron chi connectivity index (χ0n) is 7.51. The van der Waals surface area contributed by atoms with Crippen LogP contribution < -0.4 is 5.90 Å². The SMILES string of the molecule is NOCC1CS(=O)(=O)c2ccccc21. The monoisotopic (exact) mass is 213 g/mol. The van der Waals surface area contributed by atoms with Crippen molar-refractivity contribution in [2.24, 2.45) is 5.90 Å². The van der Waals surface area contributed by atoms with Gasteiger partial charge >= 0.3 is 0 Å². The molecular weight excluding hydrogens is 202 g/mol. The molecule has 0 aromatic heterocycles. The lowest BCUT2D eigenvalue weighted by atomic mass is 10.0. The smallest absolute Gasteiger partial charge is 0.179 e. The van der Waals surface area contributed by atoms with Crippen molar-refractivity contribution in [3.8, 4) is 0 Å². The van der Waals surface area contributed by atoms with Crippen molar-refractivity contribution >= 4 is 9.84 Å². The molecule has 0 fully saturated rings. The van der Waals surface area contributed by atoms with Gasteiger partial charge in [0.2, 0.25) is 0 Å². The number of fused-ring (bicyclic) bond motifs is 1. The summed E-state index contributed by atoms with van der Waals surface area (Å²) in [6.07, 6.45) is 0. The van der Waals surface area contributed by atoms with E-state index in [4.69, 9.17) is 5.90 Å². The number of benzene rings is 1. The minimum atomic E-state index is -3.11. The highest BCUT2D eigenvalue weighted by molar-refractivity contribution is 7.91. The lowest BCUT2D eigenvalue weighted by molar-refractivity contribution is 0.127. The highest BCUT2D eigenvalue weighted by Gasteiger charge is 2.34. The van der Waals surface area contributed by atoms with Gasteiger partial charge in [-0.2, -0.15) is 0 Å². The summed E-state index contributed by atoms with van der Waals surface area (Å²) in [5.41, 5.74) is 0.818. The lowest BCUT2D eigenvalue weighted by Crippen LogP contribution is -2.13. The Morgan fingerprint density at radius 1 is 1.43 bits per heavy atom. The first-order valence-electron chi connectivity index (χ1n) is 4.28. The molecular formula is C9H11NO3S. The van der Waals surface area contributed by atoms with Crippen LogP contribution in [-0.2, 0) is 14.7 Å². The van der Waals surface area contributed by atoms with Crippen molar-refractivity contribution in [2.75, 3.05) is 12.4 Å². The molecule has 1 aliphatic heterocycles. The van der Waals surface area contributed by atoms with E-state index in [2.05, 4.69) is 4.84 Å². The number of hydrogen-bond donors (Lipinski definition) is 1. The Hall–Kier alpha value is -0.910. The Morgan fingerprint density at radius 3 is 2.86 bits per heavy atom. The van der Waals surface area contributed by atoms with Gasteiger partial charge in [0.25, 0.3) is 0 Å². The Labute approximate surface area is 82.6 Å². The molecule has 1 atom stereocenters. The topological polar surface area (TPSA) is 69.4 Å². The minimum Gasteiger partial charge on any atom is -0.304 e. The fourth-order valence-corrected chi connectivity index (χ4v) is 3.66. The van der Waals surface area contributed by atoms with Crippen molar-refractivity contribution in [2.45, 2.75) is 10.8 Å². The van der Waals surface area contributed by atoms with Crippen LogP contribution in [0.4, 0.5) is 0 Å². The van der Waals surface area contributed by atoms with E-state index in [1.165, 1.54) is 0 Å². The normalized spacial score (nSPS) is 23.4. The Morgan fingerprint density at radius 2 is 2.14 bits per heavy atom. The second kappa shape index (κ2) is 3.34. The highest BCUT2D eigenvalue weighted by atomic mass is 32.2. The zero-order valence-corrected chi connectivity index (χ0v) is 8.33. The predicted octanol–water partition coefficient (Wildman–Crippen LogP) is 0.448. The van der Waals surface area contributed by atoms with Gasteiger partial charge in [-0.15, -0.1) is 0 Å². The summed E-state index contributed by atoms with van der Waals surface area (Å²) in [4.78, 5) is 4.93. The van der Waals surface area contributed by atoms with E-state index in [-0.39, 0.29) is 18.3 Å². The third-order valence-corrected chi connectivity index (χ3v) is 4.30. The average Bonchev–Trinajstić information content (AvgIpc) is 2.41. The molecule has 0 radical (unpaired) electrons. The van der Waals surface area contributed by atoms with E-state index >= 15 is 0 Å². The standard InChI is InChI=1S/C9H11NO3S/c10-13-5-7-6-14(11,12)9-4-2-1-3-8(7)9/h1-4,7H,5-6,10H2. The number of hydrogen-bond acceptors (Lipinski definition) is 4. The highest BCUT2D eigenvalue weighted by Crippen LogP contribution is 2.34. The molecule has 4 nitrogen and oxygen atoms in total. The van der Waals surface area contributed by atoms with Gasteiger partial charge in [0.05, 0.1) is 17.3 Å². The van der Waals surface area contributed by atoms with Crippen molar-refractivity contribution in [1.29, 1.82) is 0 Å². The number of sulfone groups is 1. The third-order valence-electron chi connectivity index (χ3n) is 2.41. The van der Waals surface area contributed by atoms with E-state index < -0.39 is 9.84 Å². The van der Waals surface area contributed by atoms with Crippen LogP contribution in [0.3, 0.4) is 0 Å². The predicted molar refractivity (Wildman–Crippen MR) is 51.4 cm³/mol. The summed E-state index contributed by atoms with van der Waals surface area (Å²) in [5.74, 6) is 4.94. The number of nitrogens with two attached hydrogens (primary N) is 1. The van der Waals surface area contributed by atoms with Crippen LogP contribution >= 0.6 is 0 Å². The third kappa shape index (κ3) is 1.43. The van der Waals surface area contributed by atoms with Crippen molar-refractivity contribution in [3.05, 3.63) is 29.8 Å². The summed E-state index contributed by atoms with van der Waals surface area (Å²) in [7, 11) is -3.11. The molecule has 0 saturated heterocycles. The minimum absolute atomic E-state index is 0.101. The van der Waals surface area contributed by atoms with Crippen molar-refractivity contribution < 1.29 is 13.3 Å². The Kier molecular flexibility index (Phi) is 2.30. The molecule has 1 unspecified atom stereocenters. The molecule has 1 aromatic rings. The Bertz CT molecular complexity index is 441. The molecule has 5 heteroatoms.